The summed E-state index contributed by atoms with van der Waals surface area (Å²) in [6.07, 6.45) is 0.954. The molecule has 0 atom stereocenters. The van der Waals surface area contributed by atoms with E-state index in [1.807, 2.05) is 0 Å². The van der Waals surface area contributed by atoms with Crippen LogP contribution in [0.15, 0.2) is 24.3 Å². The Morgan fingerprint density at radius 3 is 2.67 bits per heavy atom. The zero-order valence-corrected chi connectivity index (χ0v) is 10.2. The van der Waals surface area contributed by atoms with Gasteiger partial charge in [0.1, 0.15) is 5.82 Å². The number of carbonyl (C=O) groups excluding carboxylic acids is 1. The van der Waals surface area contributed by atoms with Gasteiger partial charge in [-0.05, 0) is 24.1 Å². The van der Waals surface area contributed by atoms with Gasteiger partial charge in [-0.2, -0.15) is 0 Å². The van der Waals surface area contributed by atoms with Crippen LogP contribution >= 0.6 is 0 Å². The van der Waals surface area contributed by atoms with Crippen molar-refractivity contribution in [3.63, 3.8) is 0 Å². The zero-order valence-electron chi connectivity index (χ0n) is 10.2. The van der Waals surface area contributed by atoms with Gasteiger partial charge in [0.25, 0.3) is 0 Å². The summed E-state index contributed by atoms with van der Waals surface area (Å²) < 4.78 is 17.6. The van der Waals surface area contributed by atoms with E-state index in [4.69, 9.17) is 9.84 Å². The standard InChI is InChI=1S/C13H18FNO3/c14-12-4-1-11(2-5-12)3-6-13(17)15-7-9-18-10-8-16/h1-2,4-5,16H,3,6-10H2,(H,15,17). The van der Waals surface area contributed by atoms with Gasteiger partial charge in [-0.1, -0.05) is 12.1 Å². The molecule has 2 N–H and O–H groups in total. The number of amides is 1. The van der Waals surface area contributed by atoms with Crippen LogP contribution in [0.2, 0.25) is 0 Å². The molecule has 0 aliphatic carbocycles. The Labute approximate surface area is 106 Å². The molecule has 0 bridgehead atoms. The average Bonchev–Trinajstić information content (AvgIpc) is 2.38. The van der Waals surface area contributed by atoms with E-state index >= 15 is 0 Å². The molecule has 0 aromatic heterocycles. The lowest BCUT2D eigenvalue weighted by Crippen LogP contribution is -2.27. The van der Waals surface area contributed by atoms with Gasteiger partial charge >= 0.3 is 0 Å². The maximum Gasteiger partial charge on any atom is 0.220 e. The first kappa shape index (κ1) is 14.6. The topological polar surface area (TPSA) is 58.6 Å². The molecule has 0 fully saturated rings. The third-order valence-corrected chi connectivity index (χ3v) is 2.36. The lowest BCUT2D eigenvalue weighted by molar-refractivity contribution is -0.121. The molecule has 0 unspecified atom stereocenters. The minimum atomic E-state index is -0.274. The Morgan fingerprint density at radius 2 is 2.00 bits per heavy atom. The van der Waals surface area contributed by atoms with Crippen LogP contribution in [0.1, 0.15) is 12.0 Å². The van der Waals surface area contributed by atoms with E-state index in [1.54, 1.807) is 12.1 Å². The minimum Gasteiger partial charge on any atom is -0.394 e. The molecule has 100 valence electrons. The van der Waals surface area contributed by atoms with Gasteiger partial charge in [-0.15, -0.1) is 0 Å². The Balaban J connectivity index is 2.11. The molecule has 5 heteroatoms. The van der Waals surface area contributed by atoms with Crippen molar-refractivity contribution in [3.05, 3.63) is 35.6 Å². The van der Waals surface area contributed by atoms with Crippen molar-refractivity contribution in [3.8, 4) is 0 Å². The van der Waals surface area contributed by atoms with E-state index < -0.39 is 0 Å². The number of hydrogen-bond donors (Lipinski definition) is 2. The SMILES string of the molecule is O=C(CCc1ccc(F)cc1)NCCOCCO. The van der Waals surface area contributed by atoms with Gasteiger partial charge in [0, 0.05) is 13.0 Å². The molecular weight excluding hydrogens is 237 g/mol. The smallest absolute Gasteiger partial charge is 0.220 e. The molecule has 0 aliphatic rings. The van der Waals surface area contributed by atoms with Crippen molar-refractivity contribution in [1.82, 2.24) is 5.32 Å². The van der Waals surface area contributed by atoms with Crippen LogP contribution in [-0.2, 0) is 16.0 Å². The molecule has 0 radical (unpaired) electrons. The van der Waals surface area contributed by atoms with E-state index in [-0.39, 0.29) is 24.9 Å². The third-order valence-electron chi connectivity index (χ3n) is 2.36. The summed E-state index contributed by atoms with van der Waals surface area (Å²) in [5.41, 5.74) is 0.933. The Morgan fingerprint density at radius 1 is 1.28 bits per heavy atom. The average molecular weight is 255 g/mol. The van der Waals surface area contributed by atoms with Crippen LogP contribution in [0, 0.1) is 5.82 Å². The maximum atomic E-state index is 12.6. The quantitative estimate of drug-likeness (QED) is 0.678. The predicted molar refractivity (Wildman–Crippen MR) is 65.6 cm³/mol. The van der Waals surface area contributed by atoms with E-state index in [0.717, 1.165) is 5.56 Å². The summed E-state index contributed by atoms with van der Waals surface area (Å²) >= 11 is 0. The van der Waals surface area contributed by atoms with Crippen molar-refractivity contribution in [2.75, 3.05) is 26.4 Å². The van der Waals surface area contributed by atoms with E-state index in [2.05, 4.69) is 5.32 Å². The fraction of sp³-hybridized carbons (Fsp3) is 0.462. The van der Waals surface area contributed by atoms with Crippen molar-refractivity contribution in [2.24, 2.45) is 0 Å². The molecule has 1 aromatic rings. The summed E-state index contributed by atoms with van der Waals surface area (Å²) in [5.74, 6) is -0.337. The van der Waals surface area contributed by atoms with E-state index in [9.17, 15) is 9.18 Å². The summed E-state index contributed by atoms with van der Waals surface area (Å²) in [4.78, 5) is 11.4. The third kappa shape index (κ3) is 6.32. The minimum absolute atomic E-state index is 0.0154. The van der Waals surface area contributed by atoms with Crippen LogP contribution in [0.5, 0.6) is 0 Å². The number of aliphatic hydroxyl groups excluding tert-OH is 1. The van der Waals surface area contributed by atoms with Crippen LogP contribution in [0.4, 0.5) is 4.39 Å². The summed E-state index contributed by atoms with van der Waals surface area (Å²) in [6, 6.07) is 6.12. The van der Waals surface area contributed by atoms with Crippen molar-refractivity contribution in [1.29, 1.82) is 0 Å². The lowest BCUT2D eigenvalue weighted by atomic mass is 10.1. The fourth-order valence-electron chi connectivity index (χ4n) is 1.43. The first-order valence-corrected chi connectivity index (χ1v) is 5.92. The number of nitrogens with one attached hydrogen (secondary N) is 1. The van der Waals surface area contributed by atoms with Crippen molar-refractivity contribution in [2.45, 2.75) is 12.8 Å². The molecule has 1 amide bonds. The maximum absolute atomic E-state index is 12.6. The van der Waals surface area contributed by atoms with Gasteiger partial charge in [0.05, 0.1) is 19.8 Å². The molecule has 0 spiro atoms. The second-order valence-electron chi connectivity index (χ2n) is 3.81. The Kier molecular flexibility index (Phi) is 6.98. The highest BCUT2D eigenvalue weighted by atomic mass is 19.1. The van der Waals surface area contributed by atoms with Crippen LogP contribution in [0.3, 0.4) is 0 Å². The van der Waals surface area contributed by atoms with Gasteiger partial charge in [0.15, 0.2) is 0 Å². The van der Waals surface area contributed by atoms with Crippen LogP contribution in [-0.4, -0.2) is 37.4 Å². The van der Waals surface area contributed by atoms with Gasteiger partial charge in [0.2, 0.25) is 5.91 Å². The Bertz CT molecular complexity index is 354. The molecule has 0 aliphatic heterocycles. The number of aliphatic hydroxyl groups is 1. The molecule has 0 saturated carbocycles. The number of rotatable bonds is 8. The van der Waals surface area contributed by atoms with E-state index in [0.29, 0.717) is 26.0 Å². The van der Waals surface area contributed by atoms with Crippen LogP contribution < -0.4 is 5.32 Å². The number of ether oxygens (including phenoxy) is 1. The normalized spacial score (nSPS) is 10.3. The van der Waals surface area contributed by atoms with Gasteiger partial charge < -0.3 is 15.2 Å². The van der Waals surface area contributed by atoms with E-state index in [1.165, 1.54) is 12.1 Å². The monoisotopic (exact) mass is 255 g/mol. The number of halogens is 1. The molecule has 0 saturated heterocycles. The number of carbonyl (C=O) groups is 1. The highest BCUT2D eigenvalue weighted by molar-refractivity contribution is 5.76. The molecule has 4 nitrogen and oxygen atoms in total. The molecule has 18 heavy (non-hydrogen) atoms. The number of hydrogen-bond acceptors (Lipinski definition) is 3. The molecule has 1 aromatic carbocycles. The molecule has 0 heterocycles. The van der Waals surface area contributed by atoms with Crippen molar-refractivity contribution < 1.29 is 19.0 Å². The second-order valence-corrected chi connectivity index (χ2v) is 3.81. The number of aryl methyl sites for hydroxylation is 1. The largest absolute Gasteiger partial charge is 0.394 e. The summed E-state index contributed by atoms with van der Waals surface area (Å²) in [6.45, 7) is 1.09. The highest BCUT2D eigenvalue weighted by Gasteiger charge is 2.01. The summed E-state index contributed by atoms with van der Waals surface area (Å²) in [7, 11) is 0. The fourth-order valence-corrected chi connectivity index (χ4v) is 1.43. The number of benzene rings is 1. The molecule has 1 rings (SSSR count). The molecular formula is C13H18FNO3. The van der Waals surface area contributed by atoms with Crippen LogP contribution in [0.25, 0.3) is 0 Å². The van der Waals surface area contributed by atoms with Gasteiger partial charge in [-0.25, -0.2) is 4.39 Å². The van der Waals surface area contributed by atoms with Crippen molar-refractivity contribution >= 4 is 5.91 Å². The first-order valence-electron chi connectivity index (χ1n) is 5.92. The van der Waals surface area contributed by atoms with Gasteiger partial charge in [-0.3, -0.25) is 4.79 Å². The highest BCUT2D eigenvalue weighted by Crippen LogP contribution is 2.05. The Hall–Kier alpha value is -1.46. The first-order chi connectivity index (χ1) is 8.72. The predicted octanol–water partition coefficient (Wildman–Crippen LogP) is 0.883. The zero-order chi connectivity index (χ0) is 13.2. The summed E-state index contributed by atoms with van der Waals surface area (Å²) in [5, 5.41) is 11.2. The lowest BCUT2D eigenvalue weighted by Gasteiger charge is -2.05. The second kappa shape index (κ2) is 8.60.